The van der Waals surface area contributed by atoms with Crippen molar-refractivity contribution in [2.75, 3.05) is 13.6 Å². The number of hydrogen-bond acceptors (Lipinski definition) is 3. The van der Waals surface area contributed by atoms with Crippen molar-refractivity contribution in [3.8, 4) is 0 Å². The van der Waals surface area contributed by atoms with Crippen LogP contribution in [0.15, 0.2) is 59.5 Å². The molecule has 2 atom stereocenters. The zero-order chi connectivity index (χ0) is 18.4. The molecule has 0 saturated carbocycles. The summed E-state index contributed by atoms with van der Waals surface area (Å²) in [6.45, 7) is 4.59. The van der Waals surface area contributed by atoms with Crippen LogP contribution < -0.4 is 5.23 Å². The van der Waals surface area contributed by atoms with Crippen LogP contribution in [0, 0.1) is 12.8 Å². The molecule has 0 fully saturated rings. The quantitative estimate of drug-likeness (QED) is 0.738. The topological polar surface area (TPSA) is 49.4 Å². The molecule has 0 aliphatic heterocycles. The van der Waals surface area contributed by atoms with Crippen LogP contribution >= 0.6 is 0 Å². The maximum Gasteiger partial charge on any atom is 0.242 e. The van der Waals surface area contributed by atoms with Gasteiger partial charge in [0.25, 0.3) is 0 Å². The molecular weight excluding hydrogens is 331 g/mol. The molecule has 134 valence electrons. The van der Waals surface area contributed by atoms with Gasteiger partial charge in [0.05, 0.1) is 4.90 Å². The third kappa shape index (κ3) is 4.94. The van der Waals surface area contributed by atoms with Gasteiger partial charge in [0.2, 0.25) is 10.0 Å². The van der Waals surface area contributed by atoms with E-state index in [0.29, 0.717) is 17.4 Å². The van der Waals surface area contributed by atoms with Crippen molar-refractivity contribution >= 4 is 18.0 Å². The molecule has 0 aliphatic carbocycles. The molecule has 25 heavy (non-hydrogen) atoms. The van der Waals surface area contributed by atoms with Crippen LogP contribution in [-0.2, 0) is 10.0 Å². The Balaban J connectivity index is 2.02. The minimum atomic E-state index is -3.44. The molecule has 6 heteroatoms. The summed E-state index contributed by atoms with van der Waals surface area (Å²) in [4.78, 5) is 0.349. The molecule has 1 N–H and O–H groups in total. The molecule has 0 saturated heterocycles. The fraction of sp³-hybridized carbons (Fsp3) is 0.368. The lowest BCUT2D eigenvalue weighted by molar-refractivity contribution is 0.365. The second-order valence-electron chi connectivity index (χ2n) is 6.58. The van der Waals surface area contributed by atoms with Crippen LogP contribution in [-0.4, -0.2) is 34.3 Å². The first-order valence-corrected chi connectivity index (χ1v) is 10.1. The Kier molecular flexibility index (Phi) is 6.82. The third-order valence-corrected chi connectivity index (χ3v) is 6.54. The van der Waals surface area contributed by atoms with Crippen LogP contribution in [0.2, 0.25) is 0 Å². The Bertz CT molecular complexity index is 764. The summed E-state index contributed by atoms with van der Waals surface area (Å²) in [5.74, 6) is 0.308. The molecule has 0 aliphatic rings. The molecule has 0 bridgehead atoms. The van der Waals surface area contributed by atoms with Crippen molar-refractivity contribution in [3.05, 3.63) is 65.7 Å². The van der Waals surface area contributed by atoms with Crippen molar-refractivity contribution < 1.29 is 8.42 Å². The summed E-state index contributed by atoms with van der Waals surface area (Å²) in [7, 11) is 0.161. The molecule has 0 amide bonds. The normalized spacial score (nSPS) is 14.4. The van der Waals surface area contributed by atoms with Crippen molar-refractivity contribution in [2.24, 2.45) is 5.92 Å². The summed E-state index contributed by atoms with van der Waals surface area (Å²) in [5, 5.41) is 3.35. The molecule has 2 aromatic carbocycles. The zero-order valence-corrected chi connectivity index (χ0v) is 16.3. The first kappa shape index (κ1) is 19.7. The van der Waals surface area contributed by atoms with Crippen molar-refractivity contribution in [3.63, 3.8) is 0 Å². The third-order valence-electron chi connectivity index (χ3n) is 4.67. The van der Waals surface area contributed by atoms with Crippen LogP contribution in [0.5, 0.6) is 0 Å². The Morgan fingerprint density at radius 3 is 2.24 bits per heavy atom. The first-order valence-electron chi connectivity index (χ1n) is 8.61. The molecule has 0 heterocycles. The Labute approximate surface area is 152 Å². The molecule has 0 radical (unpaired) electrons. The van der Waals surface area contributed by atoms with Crippen LogP contribution in [0.4, 0.5) is 0 Å². The minimum Gasteiger partial charge on any atom is -0.356 e. The minimum absolute atomic E-state index is 0.205. The molecule has 2 rings (SSSR count). The lowest BCUT2D eigenvalue weighted by atomic mass is 9.90. The van der Waals surface area contributed by atoms with Gasteiger partial charge in [-0.15, -0.1) is 0 Å². The van der Waals surface area contributed by atoms with E-state index in [2.05, 4.69) is 24.3 Å². The molecular formula is C19H27BN2O2S. The van der Waals surface area contributed by atoms with E-state index in [1.54, 1.807) is 19.2 Å². The van der Waals surface area contributed by atoms with E-state index in [4.69, 9.17) is 0 Å². The number of sulfonamides is 1. The monoisotopic (exact) mass is 358 g/mol. The zero-order valence-electron chi connectivity index (χ0n) is 15.4. The maximum atomic E-state index is 12.7. The molecule has 0 aromatic heterocycles. The van der Waals surface area contributed by atoms with Gasteiger partial charge in [-0.25, -0.2) is 12.7 Å². The number of rotatable bonds is 8. The van der Waals surface area contributed by atoms with Gasteiger partial charge in [-0.2, -0.15) is 0 Å². The fourth-order valence-corrected chi connectivity index (χ4v) is 4.19. The summed E-state index contributed by atoms with van der Waals surface area (Å²) < 4.78 is 26.8. The predicted octanol–water partition coefficient (Wildman–Crippen LogP) is 2.52. The summed E-state index contributed by atoms with van der Waals surface area (Å²) >= 11 is 0. The molecule has 0 unspecified atom stereocenters. The smallest absolute Gasteiger partial charge is 0.242 e. The van der Waals surface area contributed by atoms with E-state index >= 15 is 0 Å². The van der Waals surface area contributed by atoms with Crippen molar-refractivity contribution in [1.82, 2.24) is 9.53 Å². The molecule has 0 spiro atoms. The second-order valence-corrected chi connectivity index (χ2v) is 8.63. The number of benzene rings is 2. The highest BCUT2D eigenvalue weighted by molar-refractivity contribution is 7.89. The number of hydrogen-bond donors (Lipinski definition) is 1. The van der Waals surface area contributed by atoms with E-state index in [9.17, 15) is 8.42 Å². The average Bonchev–Trinajstić information content (AvgIpc) is 2.61. The summed E-state index contributed by atoms with van der Waals surface area (Å²) in [5.41, 5.74) is 2.27. The van der Waals surface area contributed by atoms with Gasteiger partial charge in [-0.3, -0.25) is 0 Å². The van der Waals surface area contributed by atoms with E-state index in [-0.39, 0.29) is 6.04 Å². The first-order chi connectivity index (χ1) is 11.9. The van der Waals surface area contributed by atoms with Crippen LogP contribution in [0.1, 0.15) is 30.5 Å². The van der Waals surface area contributed by atoms with Gasteiger partial charge >= 0.3 is 0 Å². The predicted molar refractivity (Wildman–Crippen MR) is 106 cm³/mol. The number of nitrogens with zero attached hydrogens (tertiary/aromatic N) is 1. The van der Waals surface area contributed by atoms with E-state index in [1.807, 2.05) is 45.2 Å². The highest BCUT2D eigenvalue weighted by Crippen LogP contribution is 2.25. The summed E-state index contributed by atoms with van der Waals surface area (Å²) in [6, 6.07) is 17.5. The van der Waals surface area contributed by atoms with E-state index in [0.717, 1.165) is 12.0 Å². The Hall–Kier alpha value is -1.63. The molecule has 4 nitrogen and oxygen atoms in total. The van der Waals surface area contributed by atoms with Crippen molar-refractivity contribution in [2.45, 2.75) is 31.2 Å². The van der Waals surface area contributed by atoms with Gasteiger partial charge < -0.3 is 5.23 Å². The van der Waals surface area contributed by atoms with E-state index < -0.39 is 10.0 Å². The lowest BCUT2D eigenvalue weighted by Gasteiger charge is -2.26. The summed E-state index contributed by atoms with van der Waals surface area (Å²) in [6.07, 6.45) is 0.780. The van der Waals surface area contributed by atoms with Crippen molar-refractivity contribution in [1.29, 1.82) is 0 Å². The lowest BCUT2D eigenvalue weighted by Crippen LogP contribution is -2.31. The number of nitrogens with one attached hydrogen (secondary N) is 1. The van der Waals surface area contributed by atoms with Gasteiger partial charge in [0.15, 0.2) is 7.98 Å². The average molecular weight is 358 g/mol. The van der Waals surface area contributed by atoms with E-state index in [1.165, 1.54) is 9.87 Å². The maximum absolute atomic E-state index is 12.7. The molecule has 2 aromatic rings. The largest absolute Gasteiger partial charge is 0.356 e. The highest BCUT2D eigenvalue weighted by atomic mass is 32.2. The van der Waals surface area contributed by atoms with Crippen LogP contribution in [0.25, 0.3) is 0 Å². The Morgan fingerprint density at radius 2 is 1.68 bits per heavy atom. The van der Waals surface area contributed by atoms with Gasteiger partial charge in [-0.1, -0.05) is 55.0 Å². The second kappa shape index (κ2) is 8.65. The SMILES string of the molecule is BN[C@@H](c1ccccc1)[C@@H](C)CCN(C)S(=O)(=O)c1ccc(C)cc1. The number of aryl methyl sites for hydroxylation is 1. The van der Waals surface area contributed by atoms with Crippen LogP contribution in [0.3, 0.4) is 0 Å². The van der Waals surface area contributed by atoms with Gasteiger partial charge in [0.1, 0.15) is 0 Å². The van der Waals surface area contributed by atoms with Gasteiger partial charge in [-0.05, 0) is 37.0 Å². The highest BCUT2D eigenvalue weighted by Gasteiger charge is 2.23. The fourth-order valence-electron chi connectivity index (χ4n) is 3.00. The van der Waals surface area contributed by atoms with Gasteiger partial charge in [0, 0.05) is 19.6 Å². The Morgan fingerprint density at radius 1 is 1.08 bits per heavy atom. The standard InChI is InChI=1S/C19H27BN2O2S/c1-15-9-11-18(12-10-15)25(23,24)22(3)14-13-16(2)19(21-20)17-7-5-4-6-8-17/h4-12,16,19,21H,13-14,20H2,1-3H3/t16-,19+/m0/s1.